The van der Waals surface area contributed by atoms with Gasteiger partial charge in [0.25, 0.3) is 0 Å². The number of carbonyl (C=O) groups excluding carboxylic acids is 1. The Morgan fingerprint density at radius 2 is 1.74 bits per heavy atom. The molecule has 2 rings (SSSR count). The summed E-state index contributed by atoms with van der Waals surface area (Å²) in [6, 6.07) is 0. The summed E-state index contributed by atoms with van der Waals surface area (Å²) in [5.41, 5.74) is -0.0548. The van der Waals surface area contributed by atoms with Crippen LogP contribution < -0.4 is 0 Å². The van der Waals surface area contributed by atoms with Crippen LogP contribution in [0.3, 0.4) is 0 Å². The van der Waals surface area contributed by atoms with Crippen LogP contribution in [-0.4, -0.2) is 12.6 Å². The lowest BCUT2D eigenvalue weighted by Crippen LogP contribution is -2.18. The molecule has 0 aliphatic heterocycles. The second-order valence-corrected chi connectivity index (χ2v) is 7.66. The average molecular weight is 367 g/mol. The van der Waals surface area contributed by atoms with Gasteiger partial charge in [0.15, 0.2) is 0 Å². The van der Waals surface area contributed by atoms with E-state index in [1.807, 2.05) is 6.92 Å². The fraction of sp³-hybridized carbons (Fsp3) is 0.480. The Morgan fingerprint density at radius 1 is 1.04 bits per heavy atom. The summed E-state index contributed by atoms with van der Waals surface area (Å²) in [7, 11) is 0. The van der Waals surface area contributed by atoms with Gasteiger partial charge in [-0.3, -0.25) is 4.79 Å². The van der Waals surface area contributed by atoms with Crippen LogP contribution in [0, 0.1) is 16.7 Å². The van der Waals surface area contributed by atoms with Gasteiger partial charge in [-0.25, -0.2) is 0 Å². The second-order valence-electron chi connectivity index (χ2n) is 7.66. The first-order valence-corrected chi connectivity index (χ1v) is 10.3. The number of esters is 1. The van der Waals surface area contributed by atoms with Crippen LogP contribution in [-0.2, 0) is 9.53 Å². The maximum atomic E-state index is 11.9. The number of hydrogen-bond acceptors (Lipinski definition) is 2. The molecule has 0 saturated carbocycles. The molecule has 0 bridgehead atoms. The van der Waals surface area contributed by atoms with E-state index in [9.17, 15) is 4.79 Å². The fourth-order valence-corrected chi connectivity index (χ4v) is 3.47. The minimum Gasteiger partial charge on any atom is -0.466 e. The summed E-state index contributed by atoms with van der Waals surface area (Å²) in [6.07, 6.45) is 31.4. The van der Waals surface area contributed by atoms with E-state index in [1.165, 1.54) is 0 Å². The fourth-order valence-electron chi connectivity index (χ4n) is 3.47. The van der Waals surface area contributed by atoms with Gasteiger partial charge in [-0.1, -0.05) is 86.3 Å². The summed E-state index contributed by atoms with van der Waals surface area (Å²) in [6.45, 7) is 6.64. The topological polar surface area (TPSA) is 26.3 Å². The van der Waals surface area contributed by atoms with E-state index in [1.54, 1.807) is 0 Å². The van der Waals surface area contributed by atoms with Gasteiger partial charge in [0.05, 0.1) is 12.5 Å². The van der Waals surface area contributed by atoms with Gasteiger partial charge in [0, 0.05) is 10.8 Å². The summed E-state index contributed by atoms with van der Waals surface area (Å²) in [5.74, 6) is -0.0750. The first-order chi connectivity index (χ1) is 13.0. The highest BCUT2D eigenvalue weighted by atomic mass is 16.5. The van der Waals surface area contributed by atoms with Crippen molar-refractivity contribution >= 4 is 5.97 Å². The molecule has 1 unspecified atom stereocenters. The van der Waals surface area contributed by atoms with Crippen molar-refractivity contribution in [3.63, 3.8) is 0 Å². The molecule has 0 radical (unpaired) electrons. The second kappa shape index (κ2) is 10.3. The molecule has 2 nitrogen and oxygen atoms in total. The van der Waals surface area contributed by atoms with Gasteiger partial charge >= 0.3 is 5.97 Å². The van der Waals surface area contributed by atoms with Crippen LogP contribution in [0.5, 0.6) is 0 Å². The van der Waals surface area contributed by atoms with Gasteiger partial charge in [-0.15, -0.1) is 0 Å². The molecule has 0 amide bonds. The quantitative estimate of drug-likeness (QED) is 0.344. The highest BCUT2D eigenvalue weighted by Crippen LogP contribution is 2.38. The monoisotopic (exact) mass is 366 g/mol. The minimum absolute atomic E-state index is 0.00954. The predicted molar refractivity (Wildman–Crippen MR) is 114 cm³/mol. The largest absolute Gasteiger partial charge is 0.466 e. The van der Waals surface area contributed by atoms with Gasteiger partial charge in [-0.05, 0) is 39.5 Å². The highest BCUT2D eigenvalue weighted by Gasteiger charge is 2.26. The van der Waals surface area contributed by atoms with Crippen LogP contribution >= 0.6 is 0 Å². The zero-order valence-electron chi connectivity index (χ0n) is 17.1. The lowest BCUT2D eigenvalue weighted by molar-refractivity contribution is -0.148. The highest BCUT2D eigenvalue weighted by molar-refractivity contribution is 5.72. The first kappa shape index (κ1) is 21.2. The summed E-state index contributed by atoms with van der Waals surface area (Å²) >= 11 is 0. The number of hydrogen-bond donors (Lipinski definition) is 0. The molecule has 0 heterocycles. The minimum atomic E-state index is -0.0655. The Balaban J connectivity index is 1.82. The Kier molecular flexibility index (Phi) is 8.09. The van der Waals surface area contributed by atoms with Crippen molar-refractivity contribution in [1.82, 2.24) is 0 Å². The molecule has 146 valence electrons. The van der Waals surface area contributed by atoms with Crippen molar-refractivity contribution in [3.8, 4) is 0 Å². The number of ether oxygens (including phenoxy) is 1. The van der Waals surface area contributed by atoms with Crippen LogP contribution in [0.1, 0.15) is 52.9 Å². The van der Waals surface area contributed by atoms with E-state index in [0.29, 0.717) is 6.61 Å². The van der Waals surface area contributed by atoms with Crippen LogP contribution in [0.25, 0.3) is 0 Å². The number of allylic oxidation sites excluding steroid dienone is 12. The molecule has 1 atom stereocenters. The normalized spacial score (nSPS) is 20.7. The molecule has 1 spiro atoms. The Morgan fingerprint density at radius 3 is 2.37 bits per heavy atom. The summed E-state index contributed by atoms with van der Waals surface area (Å²) in [5, 5.41) is 0. The van der Waals surface area contributed by atoms with Crippen LogP contribution in [0.2, 0.25) is 0 Å². The van der Waals surface area contributed by atoms with Crippen molar-refractivity contribution in [2.45, 2.75) is 52.9 Å². The molecule has 0 N–H and O–H groups in total. The van der Waals surface area contributed by atoms with Crippen molar-refractivity contribution in [2.75, 3.05) is 6.61 Å². The van der Waals surface area contributed by atoms with Gasteiger partial charge in [0.2, 0.25) is 0 Å². The van der Waals surface area contributed by atoms with Crippen LogP contribution in [0.4, 0.5) is 0 Å². The van der Waals surface area contributed by atoms with E-state index >= 15 is 0 Å². The Hall–Kier alpha value is -2.09. The third-order valence-corrected chi connectivity index (χ3v) is 5.14. The molecule has 27 heavy (non-hydrogen) atoms. The van der Waals surface area contributed by atoms with E-state index in [0.717, 1.165) is 32.1 Å². The molecule has 0 aromatic heterocycles. The molecule has 2 heteroatoms. The third-order valence-electron chi connectivity index (χ3n) is 5.14. The first-order valence-electron chi connectivity index (χ1n) is 10.3. The van der Waals surface area contributed by atoms with Crippen LogP contribution in [0.15, 0.2) is 72.9 Å². The number of rotatable bonds is 9. The van der Waals surface area contributed by atoms with Crippen molar-refractivity contribution in [2.24, 2.45) is 16.7 Å². The molecular weight excluding hydrogens is 332 g/mol. The van der Waals surface area contributed by atoms with Gasteiger partial charge in [0.1, 0.15) is 0 Å². The summed E-state index contributed by atoms with van der Waals surface area (Å²) < 4.78 is 5.16. The lowest BCUT2D eigenvalue weighted by Gasteiger charge is -2.30. The summed E-state index contributed by atoms with van der Waals surface area (Å²) in [4.78, 5) is 11.9. The standard InChI is InChI=1S/C25H34O2/c1-4-13-22(23(26)27-5-2)14-9-6-7-10-15-24(3)18-20-25(21-19-24)16-11-8-12-17-25/h6,9-12,15-22H,4-5,7-8,13-14H2,1-3H3/b9-6+,15-10-. The third kappa shape index (κ3) is 6.53. The average Bonchev–Trinajstić information content (AvgIpc) is 2.67. The maximum absolute atomic E-state index is 11.9. The zero-order chi connectivity index (χ0) is 19.6. The molecule has 0 saturated heterocycles. The molecule has 0 aromatic rings. The van der Waals surface area contributed by atoms with Crippen molar-refractivity contribution in [1.29, 1.82) is 0 Å². The molecule has 0 fully saturated rings. The van der Waals surface area contributed by atoms with Gasteiger partial charge in [-0.2, -0.15) is 0 Å². The smallest absolute Gasteiger partial charge is 0.309 e. The van der Waals surface area contributed by atoms with Gasteiger partial charge < -0.3 is 4.74 Å². The predicted octanol–water partition coefficient (Wildman–Crippen LogP) is 6.49. The zero-order valence-corrected chi connectivity index (χ0v) is 17.1. The Bertz CT molecular complexity index is 630. The maximum Gasteiger partial charge on any atom is 0.309 e. The lowest BCUT2D eigenvalue weighted by atomic mass is 9.74. The SMILES string of the molecule is CCCC(C/C=C/C/C=C\C1(C)C=CC2(C=CCC=C2)C=C1)C(=O)OCC. The molecule has 2 aliphatic carbocycles. The molecule has 0 aromatic carbocycles. The van der Waals surface area contributed by atoms with E-state index in [2.05, 4.69) is 86.8 Å². The Labute approximate surface area is 165 Å². The van der Waals surface area contributed by atoms with Crippen molar-refractivity contribution < 1.29 is 9.53 Å². The molecule has 2 aliphatic rings. The van der Waals surface area contributed by atoms with E-state index in [4.69, 9.17) is 4.74 Å². The van der Waals surface area contributed by atoms with Crippen molar-refractivity contribution in [3.05, 3.63) is 72.9 Å². The van der Waals surface area contributed by atoms with E-state index in [-0.39, 0.29) is 22.7 Å². The molecular formula is C25H34O2. The van der Waals surface area contributed by atoms with E-state index < -0.39 is 0 Å². The number of carbonyl (C=O) groups is 1.